The molecule has 1 saturated carbocycles. The monoisotopic (exact) mass is 438 g/mol. The highest BCUT2D eigenvalue weighted by Crippen LogP contribution is 2.60. The molecule has 4 aliphatic heterocycles. The van der Waals surface area contributed by atoms with Crippen molar-refractivity contribution in [1.82, 2.24) is 0 Å². The predicted molar refractivity (Wildman–Crippen MR) is 120 cm³/mol. The summed E-state index contributed by atoms with van der Waals surface area (Å²) in [6.45, 7) is 7.17. The van der Waals surface area contributed by atoms with Gasteiger partial charge in [0.05, 0.1) is 6.61 Å². The van der Waals surface area contributed by atoms with Crippen LogP contribution in [0.5, 0.6) is 0 Å². The van der Waals surface area contributed by atoms with Crippen LogP contribution >= 0.6 is 0 Å². The van der Waals surface area contributed by atoms with Crippen molar-refractivity contribution in [3.05, 3.63) is 48.0 Å². The van der Waals surface area contributed by atoms with E-state index in [4.69, 9.17) is 24.0 Å². The summed E-state index contributed by atoms with van der Waals surface area (Å²) in [5.41, 5.74) is 0.759. The van der Waals surface area contributed by atoms with Gasteiger partial charge in [0.2, 0.25) is 5.79 Å². The van der Waals surface area contributed by atoms with Crippen LogP contribution in [0.15, 0.2) is 42.5 Å². The molecule has 0 N–H and O–H groups in total. The van der Waals surface area contributed by atoms with E-state index in [1.54, 1.807) is 0 Å². The zero-order chi connectivity index (χ0) is 21.9. The SMILES string of the molecule is C[C@@H]1CC[C@H]2[C@@H](C)C(OCCc3ccc4ccccc4c3)O[C@@H]3O[C@@]4(C)CC[C@@H]1[C@]32OO4. The van der Waals surface area contributed by atoms with Crippen molar-refractivity contribution in [2.24, 2.45) is 23.7 Å². The maximum Gasteiger partial charge on any atom is 0.201 e. The van der Waals surface area contributed by atoms with E-state index in [-0.39, 0.29) is 12.2 Å². The average Bonchev–Trinajstić information content (AvgIpc) is 3.03. The molecule has 1 aliphatic carbocycles. The number of hydrogen-bond donors (Lipinski definition) is 0. The van der Waals surface area contributed by atoms with Crippen molar-refractivity contribution in [3.8, 4) is 0 Å². The van der Waals surface area contributed by atoms with Gasteiger partial charge in [0.15, 0.2) is 18.2 Å². The highest BCUT2D eigenvalue weighted by molar-refractivity contribution is 5.82. The van der Waals surface area contributed by atoms with Crippen LogP contribution in [0.4, 0.5) is 0 Å². The van der Waals surface area contributed by atoms with Gasteiger partial charge in [-0.05, 0) is 60.8 Å². The highest BCUT2D eigenvalue weighted by atomic mass is 17.3. The van der Waals surface area contributed by atoms with Crippen molar-refractivity contribution in [3.63, 3.8) is 0 Å². The molecule has 5 aliphatic rings. The third-order valence-corrected chi connectivity index (χ3v) is 8.58. The van der Waals surface area contributed by atoms with Gasteiger partial charge in [0, 0.05) is 18.3 Å². The van der Waals surface area contributed by atoms with Crippen LogP contribution in [0.1, 0.15) is 52.0 Å². The van der Waals surface area contributed by atoms with Crippen LogP contribution in [-0.2, 0) is 30.4 Å². The van der Waals surface area contributed by atoms with Crippen molar-refractivity contribution in [1.29, 1.82) is 0 Å². The van der Waals surface area contributed by atoms with Crippen LogP contribution in [0.2, 0.25) is 0 Å². The Balaban J connectivity index is 1.19. The second-order valence-corrected chi connectivity index (χ2v) is 10.6. The van der Waals surface area contributed by atoms with Crippen LogP contribution in [0.3, 0.4) is 0 Å². The van der Waals surface area contributed by atoms with E-state index in [0.717, 1.165) is 25.7 Å². The standard InChI is InChI=1S/C27H34O5/c1-17-8-11-23-18(2)24(28-15-13-19-9-10-20-6-4-5-7-21(20)16-19)29-25-27(23)22(17)12-14-26(3,30-25)31-32-27/h4-7,9-10,16-18,22-25H,8,11-15H2,1-3H3/t17-,18-,22+,23+,24?,25-,26-,27-/m1/s1. The fourth-order valence-electron chi connectivity index (χ4n) is 6.75. The third-order valence-electron chi connectivity index (χ3n) is 8.58. The molecule has 0 amide bonds. The Labute approximate surface area is 190 Å². The van der Waals surface area contributed by atoms with Gasteiger partial charge in [-0.1, -0.05) is 56.3 Å². The van der Waals surface area contributed by atoms with Gasteiger partial charge in [0.1, 0.15) is 0 Å². The first-order valence-corrected chi connectivity index (χ1v) is 12.3. The second kappa shape index (κ2) is 7.78. The maximum atomic E-state index is 6.52. The Hall–Kier alpha value is -1.50. The van der Waals surface area contributed by atoms with Crippen molar-refractivity contribution < 1.29 is 24.0 Å². The molecule has 7 rings (SSSR count). The van der Waals surface area contributed by atoms with E-state index >= 15 is 0 Å². The molecule has 4 heterocycles. The molecule has 5 fully saturated rings. The fourth-order valence-corrected chi connectivity index (χ4v) is 6.75. The first-order valence-electron chi connectivity index (χ1n) is 12.3. The molecule has 172 valence electrons. The number of fused-ring (bicyclic) bond motifs is 3. The summed E-state index contributed by atoms with van der Waals surface area (Å²) in [5.74, 6) is 0.732. The Bertz CT molecular complexity index is 993. The largest absolute Gasteiger partial charge is 0.352 e. The summed E-state index contributed by atoms with van der Waals surface area (Å²) >= 11 is 0. The molecule has 1 spiro atoms. The third kappa shape index (κ3) is 3.24. The Morgan fingerprint density at radius 2 is 1.81 bits per heavy atom. The summed E-state index contributed by atoms with van der Waals surface area (Å²) in [5, 5.41) is 2.54. The summed E-state index contributed by atoms with van der Waals surface area (Å²) in [7, 11) is 0. The first-order chi connectivity index (χ1) is 15.5. The normalized spacial score (nSPS) is 43.1. The molecule has 8 atom stereocenters. The molecule has 2 aromatic carbocycles. The minimum absolute atomic E-state index is 0.215. The minimum Gasteiger partial charge on any atom is -0.352 e. The molecule has 4 saturated heterocycles. The topological polar surface area (TPSA) is 46.2 Å². The molecule has 2 bridgehead atoms. The molecular formula is C27H34O5. The lowest BCUT2D eigenvalue weighted by Crippen LogP contribution is -2.70. The van der Waals surface area contributed by atoms with Crippen molar-refractivity contribution in [2.45, 2.75) is 76.8 Å². The summed E-state index contributed by atoms with van der Waals surface area (Å²) in [6, 6.07) is 15.1. The van der Waals surface area contributed by atoms with Crippen molar-refractivity contribution >= 4 is 10.8 Å². The number of rotatable bonds is 4. The minimum atomic E-state index is -0.742. The predicted octanol–water partition coefficient (Wildman–Crippen LogP) is 5.61. The lowest BCUT2D eigenvalue weighted by molar-refractivity contribution is -0.577. The van der Waals surface area contributed by atoms with Crippen LogP contribution < -0.4 is 0 Å². The average molecular weight is 439 g/mol. The van der Waals surface area contributed by atoms with Gasteiger partial charge in [-0.3, -0.25) is 0 Å². The maximum absolute atomic E-state index is 6.52. The smallest absolute Gasteiger partial charge is 0.201 e. The zero-order valence-electron chi connectivity index (χ0n) is 19.3. The van der Waals surface area contributed by atoms with Gasteiger partial charge in [-0.2, -0.15) is 0 Å². The molecule has 1 unspecified atom stereocenters. The van der Waals surface area contributed by atoms with Crippen LogP contribution in [0.25, 0.3) is 10.8 Å². The van der Waals surface area contributed by atoms with Gasteiger partial charge in [-0.25, -0.2) is 9.78 Å². The van der Waals surface area contributed by atoms with E-state index < -0.39 is 17.7 Å². The van der Waals surface area contributed by atoms with E-state index in [2.05, 4.69) is 56.3 Å². The Morgan fingerprint density at radius 3 is 2.69 bits per heavy atom. The van der Waals surface area contributed by atoms with Crippen LogP contribution in [0, 0.1) is 23.7 Å². The van der Waals surface area contributed by atoms with E-state index in [9.17, 15) is 0 Å². The zero-order valence-corrected chi connectivity index (χ0v) is 19.3. The molecule has 5 nitrogen and oxygen atoms in total. The van der Waals surface area contributed by atoms with E-state index in [1.807, 2.05) is 6.92 Å². The molecular weight excluding hydrogens is 404 g/mol. The highest BCUT2D eigenvalue weighted by Gasteiger charge is 2.69. The summed E-state index contributed by atoms with van der Waals surface area (Å²) in [6.07, 6.45) is 4.30. The van der Waals surface area contributed by atoms with E-state index in [1.165, 1.54) is 22.8 Å². The molecule has 32 heavy (non-hydrogen) atoms. The quantitative estimate of drug-likeness (QED) is 0.581. The van der Waals surface area contributed by atoms with Gasteiger partial charge in [-0.15, -0.1) is 0 Å². The summed E-state index contributed by atoms with van der Waals surface area (Å²) in [4.78, 5) is 12.1. The number of benzene rings is 2. The van der Waals surface area contributed by atoms with Crippen LogP contribution in [-0.4, -0.2) is 30.6 Å². The molecule has 0 aromatic heterocycles. The Morgan fingerprint density at radius 1 is 0.969 bits per heavy atom. The summed E-state index contributed by atoms with van der Waals surface area (Å²) < 4.78 is 19.3. The lowest BCUT2D eigenvalue weighted by atomic mass is 9.58. The second-order valence-electron chi connectivity index (χ2n) is 10.6. The van der Waals surface area contributed by atoms with Gasteiger partial charge < -0.3 is 14.2 Å². The Kier molecular flexibility index (Phi) is 5.12. The number of hydrogen-bond acceptors (Lipinski definition) is 5. The van der Waals surface area contributed by atoms with Gasteiger partial charge >= 0.3 is 0 Å². The fraction of sp³-hybridized carbons (Fsp3) is 0.630. The molecule has 5 heteroatoms. The molecule has 0 radical (unpaired) electrons. The first kappa shape index (κ1) is 21.1. The van der Waals surface area contributed by atoms with E-state index in [0.29, 0.717) is 24.4 Å². The van der Waals surface area contributed by atoms with Gasteiger partial charge in [0.25, 0.3) is 0 Å². The lowest BCUT2D eigenvalue weighted by Gasteiger charge is -2.60. The van der Waals surface area contributed by atoms with Crippen molar-refractivity contribution in [2.75, 3.05) is 6.61 Å². The number of ether oxygens (including phenoxy) is 3. The molecule has 2 aromatic rings.